The summed E-state index contributed by atoms with van der Waals surface area (Å²) in [5.41, 5.74) is 2.81. The minimum absolute atomic E-state index is 0.0696. The predicted octanol–water partition coefficient (Wildman–Crippen LogP) is 3.83. The van der Waals surface area contributed by atoms with Crippen LogP contribution in [-0.2, 0) is 17.6 Å². The number of aliphatic carboxylic acids is 1. The fourth-order valence-electron chi connectivity index (χ4n) is 2.96. The Kier molecular flexibility index (Phi) is 5.64. The largest absolute Gasteiger partial charge is 0.481 e. The Morgan fingerprint density at radius 2 is 1.46 bits per heavy atom. The lowest BCUT2D eigenvalue weighted by Gasteiger charge is -2.08. The fourth-order valence-corrected chi connectivity index (χ4v) is 2.96. The molecule has 0 aliphatic rings. The van der Waals surface area contributed by atoms with Crippen LogP contribution in [0.25, 0.3) is 10.8 Å². The summed E-state index contributed by atoms with van der Waals surface area (Å²) in [4.78, 5) is 23.1. The van der Waals surface area contributed by atoms with Gasteiger partial charge in [0, 0.05) is 18.5 Å². The molecule has 3 aromatic rings. The third-order valence-corrected chi connectivity index (χ3v) is 4.38. The minimum Gasteiger partial charge on any atom is -0.481 e. The van der Waals surface area contributed by atoms with Crippen LogP contribution in [-0.4, -0.2) is 23.5 Å². The van der Waals surface area contributed by atoms with Gasteiger partial charge in [-0.1, -0.05) is 60.7 Å². The van der Waals surface area contributed by atoms with E-state index >= 15 is 0 Å². The first-order valence-corrected chi connectivity index (χ1v) is 8.69. The van der Waals surface area contributed by atoms with Gasteiger partial charge in [0.2, 0.25) is 0 Å². The molecule has 3 rings (SSSR count). The van der Waals surface area contributed by atoms with Gasteiger partial charge in [0.25, 0.3) is 5.91 Å². The molecule has 0 aromatic heterocycles. The number of nitrogens with one attached hydrogen (secondary N) is 1. The monoisotopic (exact) mass is 347 g/mol. The topological polar surface area (TPSA) is 66.4 Å². The van der Waals surface area contributed by atoms with Crippen molar-refractivity contribution in [3.63, 3.8) is 0 Å². The van der Waals surface area contributed by atoms with Crippen LogP contribution in [0.5, 0.6) is 0 Å². The average Bonchev–Trinajstić information content (AvgIpc) is 2.66. The molecule has 0 bridgehead atoms. The van der Waals surface area contributed by atoms with Gasteiger partial charge in [0.15, 0.2) is 0 Å². The summed E-state index contributed by atoms with van der Waals surface area (Å²) in [5.74, 6) is -0.856. The number of benzene rings is 3. The van der Waals surface area contributed by atoms with Crippen molar-refractivity contribution < 1.29 is 14.7 Å². The highest BCUT2D eigenvalue weighted by molar-refractivity contribution is 6.06. The SMILES string of the molecule is O=C(O)CCc1ccc(CCNC(=O)c2cccc3ccccc23)cc1. The highest BCUT2D eigenvalue weighted by Gasteiger charge is 2.09. The Hall–Kier alpha value is -3.14. The van der Waals surface area contributed by atoms with Crippen molar-refractivity contribution in [3.8, 4) is 0 Å². The quantitative estimate of drug-likeness (QED) is 0.683. The molecule has 0 radical (unpaired) electrons. The van der Waals surface area contributed by atoms with E-state index in [0.29, 0.717) is 18.5 Å². The van der Waals surface area contributed by atoms with Gasteiger partial charge in [-0.05, 0) is 40.8 Å². The molecule has 4 heteroatoms. The molecule has 0 aliphatic carbocycles. The fraction of sp³-hybridized carbons (Fsp3) is 0.182. The number of carboxylic acids is 1. The Balaban J connectivity index is 1.56. The number of carbonyl (C=O) groups excluding carboxylic acids is 1. The number of amides is 1. The average molecular weight is 347 g/mol. The van der Waals surface area contributed by atoms with Crippen LogP contribution in [0.3, 0.4) is 0 Å². The van der Waals surface area contributed by atoms with Gasteiger partial charge in [-0.15, -0.1) is 0 Å². The van der Waals surface area contributed by atoms with E-state index < -0.39 is 5.97 Å². The van der Waals surface area contributed by atoms with Gasteiger partial charge in [0.1, 0.15) is 0 Å². The standard InChI is InChI=1S/C22H21NO3/c24-21(25)13-12-16-8-10-17(11-9-16)14-15-23-22(26)20-7-3-5-18-4-1-2-6-19(18)20/h1-11H,12-15H2,(H,23,26)(H,24,25). The first kappa shape index (κ1) is 17.7. The smallest absolute Gasteiger partial charge is 0.303 e. The van der Waals surface area contributed by atoms with Gasteiger partial charge in [-0.3, -0.25) is 9.59 Å². The number of fused-ring (bicyclic) bond motifs is 1. The molecule has 132 valence electrons. The second-order valence-corrected chi connectivity index (χ2v) is 6.24. The third-order valence-electron chi connectivity index (χ3n) is 4.38. The second kappa shape index (κ2) is 8.30. The molecule has 0 unspecified atom stereocenters. The van der Waals surface area contributed by atoms with Crippen molar-refractivity contribution in [1.82, 2.24) is 5.32 Å². The van der Waals surface area contributed by atoms with Crippen molar-refractivity contribution in [2.75, 3.05) is 6.54 Å². The summed E-state index contributed by atoms with van der Waals surface area (Å²) >= 11 is 0. The van der Waals surface area contributed by atoms with Gasteiger partial charge < -0.3 is 10.4 Å². The normalized spacial score (nSPS) is 10.6. The third kappa shape index (κ3) is 4.48. The Morgan fingerprint density at radius 3 is 2.19 bits per heavy atom. The molecule has 0 saturated carbocycles. The number of hydrogen-bond acceptors (Lipinski definition) is 2. The summed E-state index contributed by atoms with van der Waals surface area (Å²) in [7, 11) is 0. The van der Waals surface area contributed by atoms with Crippen LogP contribution in [0.1, 0.15) is 27.9 Å². The van der Waals surface area contributed by atoms with E-state index in [9.17, 15) is 9.59 Å². The molecule has 0 fully saturated rings. The molecule has 3 aromatic carbocycles. The molecular formula is C22H21NO3. The van der Waals surface area contributed by atoms with E-state index in [0.717, 1.165) is 28.3 Å². The van der Waals surface area contributed by atoms with Gasteiger partial charge in [-0.2, -0.15) is 0 Å². The number of carboxylic acid groups (broad SMARTS) is 1. The highest BCUT2D eigenvalue weighted by atomic mass is 16.4. The Labute approximate surface area is 152 Å². The maximum Gasteiger partial charge on any atom is 0.303 e. The van der Waals surface area contributed by atoms with Crippen LogP contribution < -0.4 is 5.32 Å². The van der Waals surface area contributed by atoms with Crippen molar-refractivity contribution in [2.24, 2.45) is 0 Å². The van der Waals surface area contributed by atoms with Crippen LogP contribution in [0.2, 0.25) is 0 Å². The number of rotatable bonds is 7. The lowest BCUT2D eigenvalue weighted by molar-refractivity contribution is -0.136. The number of hydrogen-bond donors (Lipinski definition) is 2. The molecule has 0 aliphatic heterocycles. The Bertz CT molecular complexity index is 911. The van der Waals surface area contributed by atoms with E-state index in [1.165, 1.54) is 0 Å². The molecule has 2 N–H and O–H groups in total. The molecule has 0 saturated heterocycles. The summed E-state index contributed by atoms with van der Waals surface area (Å²) in [6, 6.07) is 21.5. The predicted molar refractivity (Wildman–Crippen MR) is 102 cm³/mol. The van der Waals surface area contributed by atoms with Crippen LogP contribution >= 0.6 is 0 Å². The maximum atomic E-state index is 12.5. The molecule has 0 atom stereocenters. The number of carbonyl (C=O) groups is 2. The zero-order valence-electron chi connectivity index (χ0n) is 14.4. The lowest BCUT2D eigenvalue weighted by Crippen LogP contribution is -2.25. The van der Waals surface area contributed by atoms with Crippen LogP contribution in [0.15, 0.2) is 66.7 Å². The lowest BCUT2D eigenvalue weighted by atomic mass is 10.0. The van der Waals surface area contributed by atoms with E-state index in [2.05, 4.69) is 5.32 Å². The zero-order valence-corrected chi connectivity index (χ0v) is 14.4. The van der Waals surface area contributed by atoms with E-state index in [4.69, 9.17) is 5.11 Å². The zero-order chi connectivity index (χ0) is 18.4. The minimum atomic E-state index is -0.787. The molecular weight excluding hydrogens is 326 g/mol. The number of aryl methyl sites for hydroxylation is 1. The molecule has 4 nitrogen and oxygen atoms in total. The summed E-state index contributed by atoms with van der Waals surface area (Å²) < 4.78 is 0. The first-order chi connectivity index (χ1) is 12.6. The summed E-state index contributed by atoms with van der Waals surface area (Å²) in [5, 5.41) is 13.7. The highest BCUT2D eigenvalue weighted by Crippen LogP contribution is 2.18. The van der Waals surface area contributed by atoms with Crippen molar-refractivity contribution in [2.45, 2.75) is 19.3 Å². The van der Waals surface area contributed by atoms with Crippen LogP contribution in [0, 0.1) is 0 Å². The molecule has 0 heterocycles. The van der Waals surface area contributed by atoms with Gasteiger partial charge in [-0.25, -0.2) is 0 Å². The van der Waals surface area contributed by atoms with Crippen molar-refractivity contribution in [3.05, 3.63) is 83.4 Å². The summed E-state index contributed by atoms with van der Waals surface area (Å²) in [6.45, 7) is 0.552. The first-order valence-electron chi connectivity index (χ1n) is 8.69. The van der Waals surface area contributed by atoms with E-state index in [1.807, 2.05) is 66.7 Å². The summed E-state index contributed by atoms with van der Waals surface area (Å²) in [6.07, 6.45) is 1.41. The molecule has 1 amide bonds. The van der Waals surface area contributed by atoms with Crippen LogP contribution in [0.4, 0.5) is 0 Å². The van der Waals surface area contributed by atoms with Crippen molar-refractivity contribution in [1.29, 1.82) is 0 Å². The molecule has 26 heavy (non-hydrogen) atoms. The van der Waals surface area contributed by atoms with Gasteiger partial charge >= 0.3 is 5.97 Å². The van der Waals surface area contributed by atoms with Gasteiger partial charge in [0.05, 0.1) is 0 Å². The maximum absolute atomic E-state index is 12.5. The van der Waals surface area contributed by atoms with E-state index in [1.54, 1.807) is 0 Å². The van der Waals surface area contributed by atoms with E-state index in [-0.39, 0.29) is 12.3 Å². The second-order valence-electron chi connectivity index (χ2n) is 6.24. The van der Waals surface area contributed by atoms with Crippen molar-refractivity contribution >= 4 is 22.6 Å². The molecule has 0 spiro atoms. The Morgan fingerprint density at radius 1 is 0.808 bits per heavy atom.